The molecule has 0 bridgehead atoms. The van der Waals surface area contributed by atoms with E-state index in [2.05, 4.69) is 58.8 Å². The van der Waals surface area contributed by atoms with Crippen LogP contribution in [0.1, 0.15) is 175 Å². The smallest absolute Gasteiger partial charge is 0.303 e. The fraction of sp³-hybridized carbons (Fsp3) is 0.943. The van der Waals surface area contributed by atoms with Crippen molar-refractivity contribution >= 4 is 11.9 Å². The molecule has 41 heavy (non-hydrogen) atoms. The summed E-state index contributed by atoms with van der Waals surface area (Å²) in [6, 6.07) is 0. The van der Waals surface area contributed by atoms with Crippen molar-refractivity contribution in [2.45, 2.75) is 175 Å². The Bertz CT molecular complexity index is 461. The third-order valence-electron chi connectivity index (χ3n) is 6.66. The van der Waals surface area contributed by atoms with Crippen LogP contribution >= 0.6 is 0 Å². The van der Waals surface area contributed by atoms with Crippen molar-refractivity contribution < 1.29 is 19.8 Å². The number of aliphatic carboxylic acids is 2. The van der Waals surface area contributed by atoms with Crippen LogP contribution in [0, 0.1) is 0 Å². The van der Waals surface area contributed by atoms with Gasteiger partial charge in [-0.15, -0.1) is 0 Å². The molecule has 0 aliphatic carbocycles. The molecule has 6 nitrogen and oxygen atoms in total. The third kappa shape index (κ3) is 68.0. The summed E-state index contributed by atoms with van der Waals surface area (Å²) >= 11 is 0. The summed E-state index contributed by atoms with van der Waals surface area (Å²) in [7, 11) is 8.62. The number of rotatable bonds is 25. The highest BCUT2D eigenvalue weighted by atomic mass is 16.4. The molecule has 0 heterocycles. The van der Waals surface area contributed by atoms with Crippen molar-refractivity contribution in [2.75, 3.05) is 41.3 Å². The van der Waals surface area contributed by atoms with Crippen molar-refractivity contribution in [3.8, 4) is 0 Å². The molecule has 0 rings (SSSR count). The molecule has 0 aliphatic rings. The van der Waals surface area contributed by atoms with E-state index in [0.717, 1.165) is 32.1 Å². The van der Waals surface area contributed by atoms with E-state index >= 15 is 0 Å². The van der Waals surface area contributed by atoms with Gasteiger partial charge in [0.25, 0.3) is 0 Å². The van der Waals surface area contributed by atoms with Crippen LogP contribution in [0.2, 0.25) is 0 Å². The van der Waals surface area contributed by atoms with Gasteiger partial charge in [0.1, 0.15) is 0 Å². The standard InChI is InChI=1S/2C12H27N.C6H12O2.C5H10O2/c2*1-4-5-6-7-8-9-10-11-12-13(2)3;1-2-3-4-5-6(7)8;1-2-3-4-5(6)7/h2*4-12H2,1-3H3;2-5H2,1H3,(H,7,8);2-4H2,1H3,(H,6,7). The molecule has 0 amide bonds. The first-order valence-electron chi connectivity index (χ1n) is 17.3. The van der Waals surface area contributed by atoms with E-state index < -0.39 is 11.9 Å². The molecule has 0 saturated heterocycles. The molecule has 0 unspecified atom stereocenters. The van der Waals surface area contributed by atoms with Gasteiger partial charge < -0.3 is 20.0 Å². The second-order valence-corrected chi connectivity index (χ2v) is 11.9. The van der Waals surface area contributed by atoms with E-state index in [1.54, 1.807) is 0 Å². The number of hydrogen-bond acceptors (Lipinski definition) is 4. The molecule has 2 N–H and O–H groups in total. The lowest BCUT2D eigenvalue weighted by atomic mass is 10.1. The molecular weight excluding hydrogens is 512 g/mol. The van der Waals surface area contributed by atoms with Gasteiger partial charge in [0.15, 0.2) is 0 Å². The van der Waals surface area contributed by atoms with Gasteiger partial charge in [-0.05, 0) is 67.0 Å². The maximum atomic E-state index is 9.87. The van der Waals surface area contributed by atoms with E-state index in [-0.39, 0.29) is 0 Å². The quantitative estimate of drug-likeness (QED) is 0.103. The number of carboxylic acid groups (broad SMARTS) is 2. The predicted octanol–water partition coefficient (Wildman–Crippen LogP) is 10.3. The monoisotopic (exact) mass is 589 g/mol. The number of hydrogen-bond donors (Lipinski definition) is 2. The van der Waals surface area contributed by atoms with E-state index in [1.165, 1.54) is 116 Å². The number of carbonyl (C=O) groups is 2. The minimum absolute atomic E-state index is 0.316. The summed E-state index contributed by atoms with van der Waals surface area (Å²) in [6.45, 7) is 11.1. The largest absolute Gasteiger partial charge is 0.481 e. The van der Waals surface area contributed by atoms with Gasteiger partial charge in [0.2, 0.25) is 0 Å². The summed E-state index contributed by atoms with van der Waals surface area (Å²) in [5.41, 5.74) is 0. The molecular formula is C35H76N2O4. The Morgan fingerprint density at radius 3 is 0.878 bits per heavy atom. The predicted molar refractivity (Wildman–Crippen MR) is 181 cm³/mol. The number of carboxylic acids is 2. The van der Waals surface area contributed by atoms with Crippen molar-refractivity contribution in [3.63, 3.8) is 0 Å². The topological polar surface area (TPSA) is 81.1 Å². The van der Waals surface area contributed by atoms with Crippen LogP contribution in [0.5, 0.6) is 0 Å². The molecule has 0 atom stereocenters. The van der Waals surface area contributed by atoms with Crippen LogP contribution < -0.4 is 0 Å². The van der Waals surface area contributed by atoms with E-state index in [1.807, 2.05) is 6.92 Å². The summed E-state index contributed by atoms with van der Waals surface area (Å²) in [5, 5.41) is 16.2. The van der Waals surface area contributed by atoms with Crippen LogP contribution in [-0.2, 0) is 9.59 Å². The maximum absolute atomic E-state index is 9.87. The Hall–Kier alpha value is -1.14. The molecule has 0 radical (unpaired) electrons. The fourth-order valence-corrected chi connectivity index (χ4v) is 3.98. The van der Waals surface area contributed by atoms with Gasteiger partial charge in [-0.3, -0.25) is 9.59 Å². The van der Waals surface area contributed by atoms with Gasteiger partial charge in [-0.1, -0.05) is 137 Å². The zero-order valence-corrected chi connectivity index (χ0v) is 29.3. The van der Waals surface area contributed by atoms with Gasteiger partial charge in [-0.2, -0.15) is 0 Å². The summed E-state index contributed by atoms with van der Waals surface area (Å²) < 4.78 is 0. The summed E-state index contributed by atoms with van der Waals surface area (Å²) in [6.07, 6.45) is 28.1. The van der Waals surface area contributed by atoms with Crippen LogP contribution in [0.15, 0.2) is 0 Å². The Morgan fingerprint density at radius 1 is 0.390 bits per heavy atom. The minimum atomic E-state index is -0.693. The highest BCUT2D eigenvalue weighted by molar-refractivity contribution is 5.66. The van der Waals surface area contributed by atoms with Crippen molar-refractivity contribution in [1.82, 2.24) is 9.80 Å². The molecule has 0 saturated carbocycles. The van der Waals surface area contributed by atoms with Crippen LogP contribution in [0.25, 0.3) is 0 Å². The first-order valence-corrected chi connectivity index (χ1v) is 17.3. The zero-order valence-electron chi connectivity index (χ0n) is 29.3. The lowest BCUT2D eigenvalue weighted by Crippen LogP contribution is -2.12. The SMILES string of the molecule is CCCCC(=O)O.CCCCCC(=O)O.CCCCCCCCCCN(C)C.CCCCCCCCCCN(C)C. The normalized spacial score (nSPS) is 10.3. The fourth-order valence-electron chi connectivity index (χ4n) is 3.98. The van der Waals surface area contributed by atoms with Gasteiger partial charge in [0, 0.05) is 12.8 Å². The van der Waals surface area contributed by atoms with E-state index in [4.69, 9.17) is 10.2 Å². The molecule has 0 aromatic heterocycles. The van der Waals surface area contributed by atoms with Crippen molar-refractivity contribution in [3.05, 3.63) is 0 Å². The molecule has 6 heteroatoms. The molecule has 0 fully saturated rings. The van der Waals surface area contributed by atoms with Crippen LogP contribution in [0.3, 0.4) is 0 Å². The molecule has 250 valence electrons. The average Bonchev–Trinajstić information content (AvgIpc) is 2.91. The Morgan fingerprint density at radius 2 is 0.634 bits per heavy atom. The Kier molecular flexibility index (Phi) is 49.5. The highest BCUT2D eigenvalue weighted by Gasteiger charge is 1.94. The van der Waals surface area contributed by atoms with Crippen molar-refractivity contribution in [2.24, 2.45) is 0 Å². The van der Waals surface area contributed by atoms with E-state index in [0.29, 0.717) is 12.8 Å². The summed E-state index contributed by atoms with van der Waals surface area (Å²) in [4.78, 5) is 24.2. The van der Waals surface area contributed by atoms with E-state index in [9.17, 15) is 9.59 Å². The second-order valence-electron chi connectivity index (χ2n) is 11.9. The first kappa shape index (κ1) is 46.8. The van der Waals surface area contributed by atoms with Crippen molar-refractivity contribution in [1.29, 1.82) is 0 Å². The molecule has 0 aromatic rings. The Balaban J connectivity index is -0.000000230. The second kappa shape index (κ2) is 43.3. The first-order chi connectivity index (χ1) is 19.6. The Labute approximate surface area is 258 Å². The minimum Gasteiger partial charge on any atom is -0.481 e. The third-order valence-corrected chi connectivity index (χ3v) is 6.66. The molecule has 0 spiro atoms. The molecule has 0 aliphatic heterocycles. The molecule has 0 aromatic carbocycles. The van der Waals surface area contributed by atoms with Crippen LogP contribution in [0.4, 0.5) is 0 Å². The average molecular weight is 589 g/mol. The lowest BCUT2D eigenvalue weighted by Gasteiger charge is -2.08. The number of nitrogens with zero attached hydrogens (tertiary/aromatic N) is 2. The lowest BCUT2D eigenvalue weighted by molar-refractivity contribution is -0.138. The summed E-state index contributed by atoms with van der Waals surface area (Å²) in [5.74, 6) is -1.37. The van der Waals surface area contributed by atoms with Gasteiger partial charge in [0.05, 0.1) is 0 Å². The number of unbranched alkanes of at least 4 members (excludes halogenated alkanes) is 17. The van der Waals surface area contributed by atoms with Gasteiger partial charge in [-0.25, -0.2) is 0 Å². The highest BCUT2D eigenvalue weighted by Crippen LogP contribution is 2.09. The zero-order chi connectivity index (χ0) is 32.0. The van der Waals surface area contributed by atoms with Crippen LogP contribution in [-0.4, -0.2) is 73.2 Å². The maximum Gasteiger partial charge on any atom is 0.303 e. The van der Waals surface area contributed by atoms with Gasteiger partial charge >= 0.3 is 11.9 Å².